The van der Waals surface area contributed by atoms with Gasteiger partial charge in [-0.25, -0.2) is 4.98 Å². The number of rotatable bonds is 12. The van der Waals surface area contributed by atoms with Crippen LogP contribution in [0.3, 0.4) is 0 Å². The van der Waals surface area contributed by atoms with Crippen molar-refractivity contribution in [1.82, 2.24) is 9.55 Å². The summed E-state index contributed by atoms with van der Waals surface area (Å²) in [4.78, 5) is 4.15. The standard InChI is InChI=1S/C16H30N2S/c1-3-5-7-8-10-16(19-13-9-6-4-2)14-18-12-11-17-15-18/h11-12,15-16H,3-10,13-14H2,1-2H3. The zero-order valence-electron chi connectivity index (χ0n) is 12.7. The van der Waals surface area contributed by atoms with E-state index in [1.54, 1.807) is 0 Å². The normalized spacial score (nSPS) is 12.7. The number of hydrogen-bond donors (Lipinski definition) is 0. The first-order valence-corrected chi connectivity index (χ1v) is 8.99. The second kappa shape index (κ2) is 11.4. The highest BCUT2D eigenvalue weighted by molar-refractivity contribution is 7.99. The van der Waals surface area contributed by atoms with E-state index in [-0.39, 0.29) is 0 Å². The molecule has 0 aromatic carbocycles. The third-order valence-electron chi connectivity index (χ3n) is 3.45. The summed E-state index contributed by atoms with van der Waals surface area (Å²) in [5, 5.41) is 0.767. The molecule has 0 N–H and O–H groups in total. The molecule has 1 aromatic heterocycles. The van der Waals surface area contributed by atoms with E-state index in [1.807, 2.05) is 12.5 Å². The molecule has 1 heterocycles. The van der Waals surface area contributed by atoms with Crippen LogP contribution in [0, 0.1) is 0 Å². The van der Waals surface area contributed by atoms with Crippen molar-refractivity contribution >= 4 is 11.8 Å². The van der Waals surface area contributed by atoms with Crippen LogP contribution in [0.2, 0.25) is 0 Å². The molecule has 0 bridgehead atoms. The lowest BCUT2D eigenvalue weighted by Crippen LogP contribution is -2.13. The minimum Gasteiger partial charge on any atom is -0.336 e. The van der Waals surface area contributed by atoms with E-state index in [0.29, 0.717) is 0 Å². The first kappa shape index (κ1) is 16.6. The van der Waals surface area contributed by atoms with Crippen molar-refractivity contribution in [2.24, 2.45) is 0 Å². The molecule has 0 saturated heterocycles. The van der Waals surface area contributed by atoms with E-state index in [1.165, 1.54) is 57.1 Å². The van der Waals surface area contributed by atoms with Crippen LogP contribution in [0.1, 0.15) is 65.2 Å². The Kier molecular flexibility index (Phi) is 9.96. The molecular formula is C16H30N2S. The Morgan fingerprint density at radius 2 is 1.84 bits per heavy atom. The topological polar surface area (TPSA) is 17.8 Å². The van der Waals surface area contributed by atoms with Crippen LogP contribution < -0.4 is 0 Å². The SMILES string of the molecule is CCCCCCC(Cn1ccnc1)SCCCCC. The smallest absolute Gasteiger partial charge is 0.0946 e. The second-order valence-electron chi connectivity index (χ2n) is 5.31. The number of hydrogen-bond acceptors (Lipinski definition) is 2. The first-order chi connectivity index (χ1) is 9.36. The molecule has 0 radical (unpaired) electrons. The lowest BCUT2D eigenvalue weighted by atomic mass is 10.1. The van der Waals surface area contributed by atoms with Crippen LogP contribution in [0.15, 0.2) is 18.7 Å². The maximum Gasteiger partial charge on any atom is 0.0946 e. The summed E-state index contributed by atoms with van der Waals surface area (Å²) in [5.74, 6) is 1.32. The van der Waals surface area contributed by atoms with Gasteiger partial charge in [-0.15, -0.1) is 0 Å². The predicted molar refractivity (Wildman–Crippen MR) is 86.8 cm³/mol. The van der Waals surface area contributed by atoms with Crippen molar-refractivity contribution in [3.63, 3.8) is 0 Å². The summed E-state index contributed by atoms with van der Waals surface area (Å²) < 4.78 is 2.23. The number of imidazole rings is 1. The van der Waals surface area contributed by atoms with Crippen LogP contribution in [0.25, 0.3) is 0 Å². The van der Waals surface area contributed by atoms with E-state index in [4.69, 9.17) is 0 Å². The fourth-order valence-electron chi connectivity index (χ4n) is 2.26. The van der Waals surface area contributed by atoms with E-state index >= 15 is 0 Å². The summed E-state index contributed by atoms with van der Waals surface area (Å²) >= 11 is 2.17. The molecule has 19 heavy (non-hydrogen) atoms. The van der Waals surface area contributed by atoms with Crippen LogP contribution in [-0.2, 0) is 6.54 Å². The molecule has 0 saturated carbocycles. The molecule has 1 atom stereocenters. The molecule has 1 unspecified atom stereocenters. The minimum absolute atomic E-state index is 0.767. The van der Waals surface area contributed by atoms with Crippen molar-refractivity contribution in [2.75, 3.05) is 5.75 Å². The molecule has 1 aromatic rings. The Bertz CT molecular complexity index is 273. The lowest BCUT2D eigenvalue weighted by molar-refractivity contribution is 0.569. The molecule has 3 heteroatoms. The fraction of sp³-hybridized carbons (Fsp3) is 0.812. The van der Waals surface area contributed by atoms with Crippen LogP contribution in [0.5, 0.6) is 0 Å². The van der Waals surface area contributed by atoms with Gasteiger partial charge < -0.3 is 4.57 Å². The van der Waals surface area contributed by atoms with E-state index in [0.717, 1.165) is 11.8 Å². The monoisotopic (exact) mass is 282 g/mol. The molecule has 0 amide bonds. The average Bonchev–Trinajstić information content (AvgIpc) is 2.92. The maximum atomic E-state index is 4.15. The summed E-state index contributed by atoms with van der Waals surface area (Å²) in [5.41, 5.74) is 0. The van der Waals surface area contributed by atoms with Crippen LogP contribution in [0.4, 0.5) is 0 Å². The summed E-state index contributed by atoms with van der Waals surface area (Å²) in [6.45, 7) is 5.68. The molecule has 1 rings (SSSR count). The van der Waals surface area contributed by atoms with Gasteiger partial charge in [0.05, 0.1) is 6.33 Å². The van der Waals surface area contributed by atoms with Crippen LogP contribution in [-0.4, -0.2) is 20.6 Å². The van der Waals surface area contributed by atoms with Gasteiger partial charge in [-0.3, -0.25) is 0 Å². The fourth-order valence-corrected chi connectivity index (χ4v) is 3.57. The third kappa shape index (κ3) is 8.35. The number of thioether (sulfide) groups is 1. The molecule has 0 aliphatic rings. The van der Waals surface area contributed by atoms with Gasteiger partial charge in [0.1, 0.15) is 0 Å². The quantitative estimate of drug-likeness (QED) is 0.494. The number of nitrogens with zero attached hydrogens (tertiary/aromatic N) is 2. The maximum absolute atomic E-state index is 4.15. The van der Waals surface area contributed by atoms with E-state index in [9.17, 15) is 0 Å². The molecular weight excluding hydrogens is 252 g/mol. The minimum atomic E-state index is 0.767. The largest absolute Gasteiger partial charge is 0.336 e. The highest BCUT2D eigenvalue weighted by atomic mass is 32.2. The lowest BCUT2D eigenvalue weighted by Gasteiger charge is -2.17. The van der Waals surface area contributed by atoms with Gasteiger partial charge >= 0.3 is 0 Å². The van der Waals surface area contributed by atoms with Gasteiger partial charge in [0, 0.05) is 24.2 Å². The number of unbranched alkanes of at least 4 members (excludes halogenated alkanes) is 5. The average molecular weight is 282 g/mol. The zero-order valence-corrected chi connectivity index (χ0v) is 13.5. The third-order valence-corrected chi connectivity index (χ3v) is 4.84. The summed E-state index contributed by atoms with van der Waals surface area (Å²) in [6, 6.07) is 0. The Balaban J connectivity index is 2.25. The highest BCUT2D eigenvalue weighted by Crippen LogP contribution is 2.21. The van der Waals surface area contributed by atoms with Crippen molar-refractivity contribution in [3.8, 4) is 0 Å². The van der Waals surface area contributed by atoms with Crippen LogP contribution >= 0.6 is 11.8 Å². The van der Waals surface area contributed by atoms with E-state index in [2.05, 4.69) is 41.4 Å². The van der Waals surface area contributed by atoms with Gasteiger partial charge in [-0.05, 0) is 18.6 Å². The summed E-state index contributed by atoms with van der Waals surface area (Å²) in [6.07, 6.45) is 16.8. The van der Waals surface area contributed by atoms with Gasteiger partial charge in [0.25, 0.3) is 0 Å². The predicted octanol–water partition coefficient (Wildman–Crippen LogP) is 5.15. The molecule has 2 nitrogen and oxygen atoms in total. The Hall–Kier alpha value is -0.440. The molecule has 0 aliphatic heterocycles. The van der Waals surface area contributed by atoms with Gasteiger partial charge in [0.15, 0.2) is 0 Å². The Labute approximate surface area is 123 Å². The Morgan fingerprint density at radius 1 is 1.05 bits per heavy atom. The first-order valence-electron chi connectivity index (χ1n) is 7.94. The van der Waals surface area contributed by atoms with Gasteiger partial charge in [-0.2, -0.15) is 11.8 Å². The summed E-state index contributed by atoms with van der Waals surface area (Å²) in [7, 11) is 0. The van der Waals surface area contributed by atoms with Crippen molar-refractivity contribution in [1.29, 1.82) is 0 Å². The van der Waals surface area contributed by atoms with Crippen molar-refractivity contribution in [2.45, 2.75) is 77.0 Å². The van der Waals surface area contributed by atoms with Crippen molar-refractivity contribution < 1.29 is 0 Å². The van der Waals surface area contributed by atoms with Crippen molar-refractivity contribution in [3.05, 3.63) is 18.7 Å². The number of aromatic nitrogens is 2. The zero-order chi connectivity index (χ0) is 13.8. The molecule has 0 aliphatic carbocycles. The molecule has 0 spiro atoms. The van der Waals surface area contributed by atoms with Gasteiger partial charge in [0.2, 0.25) is 0 Å². The second-order valence-corrected chi connectivity index (χ2v) is 6.72. The molecule has 0 fully saturated rings. The van der Waals surface area contributed by atoms with E-state index < -0.39 is 0 Å². The highest BCUT2D eigenvalue weighted by Gasteiger charge is 2.09. The Morgan fingerprint density at radius 3 is 2.53 bits per heavy atom. The molecule has 110 valence electrons. The van der Waals surface area contributed by atoms with Gasteiger partial charge in [-0.1, -0.05) is 52.4 Å².